The fraction of sp³-hybridized carbons (Fsp3) is 0.478. The van der Waals surface area contributed by atoms with E-state index in [-0.39, 0.29) is 11.4 Å². The van der Waals surface area contributed by atoms with E-state index in [4.69, 9.17) is 9.84 Å². The Kier molecular flexibility index (Phi) is 8.53. The molecule has 2 N–H and O–H groups in total. The average molecular weight is 406 g/mol. The van der Waals surface area contributed by atoms with Crippen LogP contribution in [0.15, 0.2) is 70.5 Å². The number of aliphatic hydroxyl groups is 2. The van der Waals surface area contributed by atoms with Gasteiger partial charge in [0, 0.05) is 17.8 Å². The van der Waals surface area contributed by atoms with Crippen molar-refractivity contribution in [2.45, 2.75) is 41.4 Å². The largest absolute Gasteiger partial charge is 0.394 e. The van der Waals surface area contributed by atoms with E-state index in [2.05, 4.69) is 81.4 Å². The molecule has 0 aliphatic rings. The quantitative estimate of drug-likeness (QED) is 0.588. The maximum absolute atomic E-state index is 9.59. The predicted octanol–water partition coefficient (Wildman–Crippen LogP) is 3.97. The van der Waals surface area contributed by atoms with Crippen LogP contribution in [0, 0.1) is 0 Å². The lowest BCUT2D eigenvalue weighted by Crippen LogP contribution is -2.34. The molecule has 1 atom stereocenters. The molecule has 28 heavy (non-hydrogen) atoms. The summed E-state index contributed by atoms with van der Waals surface area (Å²) < 4.78 is 6.29. The van der Waals surface area contributed by atoms with E-state index in [1.165, 1.54) is 9.79 Å². The van der Waals surface area contributed by atoms with Crippen molar-refractivity contribution in [3.8, 4) is 0 Å². The first-order valence-electron chi connectivity index (χ1n) is 9.77. The summed E-state index contributed by atoms with van der Waals surface area (Å²) in [5.74, 6) is 0.654. The zero-order valence-electron chi connectivity index (χ0n) is 17.5. The van der Waals surface area contributed by atoms with E-state index in [1.807, 2.05) is 11.9 Å². The van der Waals surface area contributed by atoms with Crippen LogP contribution in [-0.4, -0.2) is 65.3 Å². The Balaban J connectivity index is 2.22. The lowest BCUT2D eigenvalue weighted by Gasteiger charge is -2.51. The molecule has 0 aromatic heterocycles. The fourth-order valence-electron chi connectivity index (χ4n) is 3.37. The Morgan fingerprint density at radius 2 is 1.46 bits per heavy atom. The average Bonchev–Trinajstić information content (AvgIpc) is 2.68. The molecule has 2 aromatic rings. The maximum atomic E-state index is 9.59. The van der Waals surface area contributed by atoms with Crippen LogP contribution < -0.4 is 0 Å². The second-order valence-electron chi connectivity index (χ2n) is 8.10. The summed E-state index contributed by atoms with van der Waals surface area (Å²) in [6.45, 7) is 8.42. The second-order valence-corrected chi connectivity index (χ2v) is 12.0. The van der Waals surface area contributed by atoms with Crippen molar-refractivity contribution in [1.29, 1.82) is 0 Å². The highest BCUT2D eigenvalue weighted by molar-refractivity contribution is 8.34. The molecule has 0 spiro atoms. The van der Waals surface area contributed by atoms with Crippen molar-refractivity contribution in [3.63, 3.8) is 0 Å². The third-order valence-electron chi connectivity index (χ3n) is 4.95. The molecule has 2 aromatic carbocycles. The first-order chi connectivity index (χ1) is 13.3. The second kappa shape index (κ2) is 10.4. The summed E-state index contributed by atoms with van der Waals surface area (Å²) in [6.07, 6.45) is -0.710. The van der Waals surface area contributed by atoms with Gasteiger partial charge < -0.3 is 19.8 Å². The van der Waals surface area contributed by atoms with E-state index in [9.17, 15) is 5.11 Å². The van der Waals surface area contributed by atoms with Crippen molar-refractivity contribution >= 4 is 10.0 Å². The maximum Gasteiger partial charge on any atom is 0.0897 e. The number of nitrogens with zero attached hydrogens (tertiary/aromatic N) is 1. The SMILES string of the molecule is CN(CCOCS(c1ccccc1)(c1ccccc1)C(C)(C)C)CC(O)CO. The number of hydrogen-bond donors (Lipinski definition) is 2. The van der Waals surface area contributed by atoms with Gasteiger partial charge >= 0.3 is 0 Å². The topological polar surface area (TPSA) is 52.9 Å². The van der Waals surface area contributed by atoms with Gasteiger partial charge in [0.1, 0.15) is 0 Å². The van der Waals surface area contributed by atoms with E-state index in [0.29, 0.717) is 25.6 Å². The number of likely N-dealkylation sites (N-methyl/N-ethyl adjacent to an activating group) is 1. The Labute approximate surface area is 171 Å². The molecule has 0 amide bonds. The summed E-state index contributed by atoms with van der Waals surface area (Å²) in [4.78, 5) is 4.65. The Morgan fingerprint density at radius 3 is 1.89 bits per heavy atom. The van der Waals surface area contributed by atoms with Crippen molar-refractivity contribution < 1.29 is 14.9 Å². The molecule has 0 aliphatic heterocycles. The van der Waals surface area contributed by atoms with Gasteiger partial charge in [-0.3, -0.25) is 0 Å². The zero-order chi connectivity index (χ0) is 20.6. The van der Waals surface area contributed by atoms with Crippen LogP contribution in [-0.2, 0) is 4.74 Å². The highest BCUT2D eigenvalue weighted by atomic mass is 32.3. The summed E-state index contributed by atoms with van der Waals surface area (Å²) in [5, 5.41) is 18.6. The minimum Gasteiger partial charge on any atom is -0.394 e. The number of hydrogen-bond acceptors (Lipinski definition) is 4. The Bertz CT molecular complexity index is 648. The Hall–Kier alpha value is -1.37. The van der Waals surface area contributed by atoms with Gasteiger partial charge in [0.15, 0.2) is 0 Å². The molecule has 4 nitrogen and oxygen atoms in total. The molecule has 1 unspecified atom stereocenters. The first kappa shape index (κ1) is 22.9. The lowest BCUT2D eigenvalue weighted by atomic mass is 10.3. The van der Waals surface area contributed by atoms with E-state index < -0.39 is 16.1 Å². The number of ether oxygens (including phenoxy) is 1. The van der Waals surface area contributed by atoms with Gasteiger partial charge in [0.25, 0.3) is 0 Å². The number of benzene rings is 2. The Morgan fingerprint density at radius 1 is 0.964 bits per heavy atom. The zero-order valence-corrected chi connectivity index (χ0v) is 18.4. The van der Waals surface area contributed by atoms with Crippen LogP contribution in [0.4, 0.5) is 0 Å². The van der Waals surface area contributed by atoms with E-state index in [0.717, 1.165) is 0 Å². The minimum atomic E-state index is -1.43. The summed E-state index contributed by atoms with van der Waals surface area (Å²) in [5.41, 5.74) is 0. The minimum absolute atomic E-state index is 0.0225. The predicted molar refractivity (Wildman–Crippen MR) is 118 cm³/mol. The smallest absolute Gasteiger partial charge is 0.0897 e. The fourth-order valence-corrected chi connectivity index (χ4v) is 7.30. The van der Waals surface area contributed by atoms with Crippen molar-refractivity contribution in [1.82, 2.24) is 4.90 Å². The third-order valence-corrected chi connectivity index (χ3v) is 9.71. The molecular weight excluding hydrogens is 370 g/mol. The van der Waals surface area contributed by atoms with E-state index >= 15 is 0 Å². The van der Waals surface area contributed by atoms with Gasteiger partial charge in [-0.05, 0) is 41.1 Å². The van der Waals surface area contributed by atoms with Crippen LogP contribution in [0.2, 0.25) is 0 Å². The molecule has 156 valence electrons. The van der Waals surface area contributed by atoms with Crippen molar-refractivity contribution in [2.75, 3.05) is 39.3 Å². The molecule has 0 heterocycles. The van der Waals surface area contributed by atoms with Crippen molar-refractivity contribution in [3.05, 3.63) is 60.7 Å². The molecule has 5 heteroatoms. The highest BCUT2D eigenvalue weighted by Crippen LogP contribution is 2.70. The van der Waals surface area contributed by atoms with Gasteiger partial charge in [-0.1, -0.05) is 57.2 Å². The van der Waals surface area contributed by atoms with Crippen LogP contribution in [0.3, 0.4) is 0 Å². The van der Waals surface area contributed by atoms with Crippen LogP contribution in [0.25, 0.3) is 0 Å². The van der Waals surface area contributed by atoms with Gasteiger partial charge in [-0.15, -0.1) is 0 Å². The van der Waals surface area contributed by atoms with Gasteiger partial charge in [-0.25, -0.2) is 0 Å². The van der Waals surface area contributed by atoms with Crippen molar-refractivity contribution in [2.24, 2.45) is 0 Å². The molecule has 0 radical (unpaired) electrons. The van der Waals surface area contributed by atoms with Crippen LogP contribution >= 0.6 is 10.0 Å². The lowest BCUT2D eigenvalue weighted by molar-refractivity contribution is 0.0571. The summed E-state index contributed by atoms with van der Waals surface area (Å²) >= 11 is 0. The molecule has 0 fully saturated rings. The summed E-state index contributed by atoms with van der Waals surface area (Å²) in [6, 6.07) is 21.4. The molecule has 0 aliphatic carbocycles. The van der Waals surface area contributed by atoms with Crippen LogP contribution in [0.5, 0.6) is 0 Å². The van der Waals surface area contributed by atoms with Gasteiger partial charge in [0.05, 0.1) is 25.3 Å². The normalized spacial score (nSPS) is 14.2. The molecule has 2 rings (SSSR count). The first-order valence-corrected chi connectivity index (χ1v) is 11.6. The molecule has 0 bridgehead atoms. The third kappa shape index (κ3) is 5.58. The van der Waals surface area contributed by atoms with E-state index in [1.54, 1.807) is 0 Å². The van der Waals surface area contributed by atoms with Gasteiger partial charge in [0.2, 0.25) is 0 Å². The summed E-state index contributed by atoms with van der Waals surface area (Å²) in [7, 11) is 0.505. The molecule has 0 saturated heterocycles. The standard InChI is InChI=1S/C23H35NO3S/c1-23(2,3)28(21-11-7-5-8-12-21,22-13-9-6-10-14-22)19-27-16-15-24(4)17-20(26)18-25/h5-14,20,25-26H,15-19H2,1-4H3. The number of rotatable bonds is 10. The number of aliphatic hydroxyl groups excluding tert-OH is 2. The van der Waals surface area contributed by atoms with Crippen LogP contribution in [0.1, 0.15) is 20.8 Å². The molecular formula is C23H35NO3S. The highest BCUT2D eigenvalue weighted by Gasteiger charge is 2.40. The molecule has 0 saturated carbocycles. The monoisotopic (exact) mass is 405 g/mol. The van der Waals surface area contributed by atoms with Gasteiger partial charge in [-0.2, -0.15) is 10.0 Å².